The van der Waals surface area contributed by atoms with E-state index in [0.717, 1.165) is 18.7 Å². The third kappa shape index (κ3) is 6.29. The molecule has 0 heterocycles. The number of carbonyl (C=O) groups is 1. The molecule has 118 valence electrons. The number of hydrogen-bond donors (Lipinski definition) is 2. The molecule has 0 fully saturated rings. The van der Waals surface area contributed by atoms with Gasteiger partial charge in [-0.2, -0.15) is 11.8 Å². The summed E-state index contributed by atoms with van der Waals surface area (Å²) in [6, 6.07) is 5.41. The molecule has 1 aromatic carbocycles. The zero-order valence-corrected chi connectivity index (χ0v) is 13.8. The Morgan fingerprint density at radius 1 is 1.29 bits per heavy atom. The van der Waals surface area contributed by atoms with Crippen molar-refractivity contribution >= 4 is 29.1 Å². The molecule has 0 aliphatic heterocycles. The van der Waals surface area contributed by atoms with Gasteiger partial charge in [0.15, 0.2) is 0 Å². The number of anilines is 2. The molecule has 0 radical (unpaired) electrons. The number of thioether (sulfide) groups is 1. The van der Waals surface area contributed by atoms with Crippen LogP contribution >= 0.6 is 11.8 Å². The zero-order valence-electron chi connectivity index (χ0n) is 13.0. The molecule has 5 heteroatoms. The minimum Gasteiger partial charge on any atom is -0.462 e. The van der Waals surface area contributed by atoms with Crippen LogP contribution in [0.4, 0.5) is 11.4 Å². The van der Waals surface area contributed by atoms with E-state index < -0.39 is 0 Å². The van der Waals surface area contributed by atoms with Gasteiger partial charge >= 0.3 is 5.97 Å². The number of nitrogens with two attached hydrogens (primary N) is 1. The minimum absolute atomic E-state index is 0.353. The van der Waals surface area contributed by atoms with Crippen LogP contribution in [0.25, 0.3) is 0 Å². The van der Waals surface area contributed by atoms with E-state index in [2.05, 4.69) is 11.6 Å². The molecule has 0 amide bonds. The second kappa shape index (κ2) is 10.4. The number of nitrogen functional groups attached to an aromatic ring is 1. The van der Waals surface area contributed by atoms with Crippen molar-refractivity contribution in [2.24, 2.45) is 0 Å². The van der Waals surface area contributed by atoms with Crippen LogP contribution in [0.2, 0.25) is 0 Å². The van der Waals surface area contributed by atoms with Crippen LogP contribution in [-0.4, -0.2) is 31.1 Å². The zero-order chi connectivity index (χ0) is 15.5. The molecule has 4 nitrogen and oxygen atoms in total. The van der Waals surface area contributed by atoms with Gasteiger partial charge in [-0.15, -0.1) is 0 Å². The Morgan fingerprint density at radius 3 is 2.76 bits per heavy atom. The van der Waals surface area contributed by atoms with Crippen molar-refractivity contribution in [3.63, 3.8) is 0 Å². The van der Waals surface area contributed by atoms with E-state index in [-0.39, 0.29) is 5.97 Å². The van der Waals surface area contributed by atoms with Crippen molar-refractivity contribution in [2.45, 2.75) is 32.6 Å². The number of benzene rings is 1. The van der Waals surface area contributed by atoms with Gasteiger partial charge in [-0.05, 0) is 43.9 Å². The van der Waals surface area contributed by atoms with Crippen molar-refractivity contribution in [2.75, 3.05) is 36.2 Å². The monoisotopic (exact) mass is 310 g/mol. The second-order valence-corrected chi connectivity index (χ2v) is 5.81. The molecule has 3 N–H and O–H groups in total. The van der Waals surface area contributed by atoms with Gasteiger partial charge in [0, 0.05) is 6.54 Å². The molecule has 1 aromatic rings. The predicted octanol–water partition coefficient (Wildman–Crippen LogP) is 3.78. The number of para-hydroxylation sites is 1. The summed E-state index contributed by atoms with van der Waals surface area (Å²) in [4.78, 5) is 11.8. The van der Waals surface area contributed by atoms with Crippen LogP contribution in [0, 0.1) is 0 Å². The first-order chi connectivity index (χ1) is 10.2. The highest BCUT2D eigenvalue weighted by atomic mass is 32.2. The Morgan fingerprint density at radius 2 is 2.05 bits per heavy atom. The molecule has 0 spiro atoms. The minimum atomic E-state index is -0.365. The van der Waals surface area contributed by atoms with E-state index in [9.17, 15) is 4.79 Å². The second-order valence-electron chi connectivity index (χ2n) is 4.82. The summed E-state index contributed by atoms with van der Waals surface area (Å²) in [6.07, 6.45) is 7.01. The summed E-state index contributed by atoms with van der Waals surface area (Å²) in [5, 5.41) is 3.30. The molecule has 0 saturated heterocycles. The third-order valence-corrected chi connectivity index (χ3v) is 3.89. The van der Waals surface area contributed by atoms with Crippen molar-refractivity contribution in [1.82, 2.24) is 0 Å². The maximum Gasteiger partial charge on any atom is 0.340 e. The quantitative estimate of drug-likeness (QED) is 0.391. The van der Waals surface area contributed by atoms with Gasteiger partial charge < -0.3 is 15.8 Å². The molecule has 0 aliphatic rings. The van der Waals surface area contributed by atoms with Crippen LogP contribution in [-0.2, 0) is 4.74 Å². The number of carbonyl (C=O) groups excluding carboxylic acids is 1. The fourth-order valence-corrected chi connectivity index (χ4v) is 2.55. The lowest BCUT2D eigenvalue weighted by atomic mass is 10.1. The van der Waals surface area contributed by atoms with Gasteiger partial charge in [0.25, 0.3) is 0 Å². The van der Waals surface area contributed by atoms with Crippen LogP contribution < -0.4 is 11.1 Å². The first-order valence-electron chi connectivity index (χ1n) is 7.49. The number of rotatable bonds is 10. The molecule has 0 bridgehead atoms. The molecular weight excluding hydrogens is 284 g/mol. The molecule has 1 rings (SSSR count). The lowest BCUT2D eigenvalue weighted by molar-refractivity contribution is 0.0527. The van der Waals surface area contributed by atoms with Crippen molar-refractivity contribution in [3.8, 4) is 0 Å². The number of unbranched alkanes of at least 4 members (excludes halogenated alkanes) is 3. The SMILES string of the molecule is CCOC(=O)c1cccc(NCCCCCCSC)c1N. The maximum absolute atomic E-state index is 11.8. The molecule has 0 saturated carbocycles. The van der Waals surface area contributed by atoms with Gasteiger partial charge in [0.2, 0.25) is 0 Å². The van der Waals surface area contributed by atoms with Crippen LogP contribution in [0.5, 0.6) is 0 Å². The molecule has 0 aromatic heterocycles. The summed E-state index contributed by atoms with van der Waals surface area (Å²) in [7, 11) is 0. The summed E-state index contributed by atoms with van der Waals surface area (Å²) < 4.78 is 5.00. The van der Waals surface area contributed by atoms with Crippen LogP contribution in [0.3, 0.4) is 0 Å². The van der Waals surface area contributed by atoms with Crippen LogP contribution in [0.15, 0.2) is 18.2 Å². The largest absolute Gasteiger partial charge is 0.462 e. The summed E-state index contributed by atoms with van der Waals surface area (Å²) in [6.45, 7) is 3.01. The highest BCUT2D eigenvalue weighted by Crippen LogP contribution is 2.23. The van der Waals surface area contributed by atoms with Crippen molar-refractivity contribution < 1.29 is 9.53 Å². The Labute approximate surface area is 131 Å². The van der Waals surface area contributed by atoms with E-state index in [1.165, 1.54) is 25.0 Å². The first kappa shape index (κ1) is 17.7. The molecule has 0 aliphatic carbocycles. The third-order valence-electron chi connectivity index (χ3n) is 3.19. The van der Waals surface area contributed by atoms with E-state index in [1.807, 2.05) is 23.9 Å². The molecular formula is C16H26N2O2S. The number of nitrogens with one attached hydrogen (secondary N) is 1. The fraction of sp³-hybridized carbons (Fsp3) is 0.562. The van der Waals surface area contributed by atoms with Gasteiger partial charge in [-0.3, -0.25) is 0 Å². The van der Waals surface area contributed by atoms with Crippen molar-refractivity contribution in [3.05, 3.63) is 23.8 Å². The predicted molar refractivity (Wildman–Crippen MR) is 92.2 cm³/mol. The topological polar surface area (TPSA) is 64.3 Å². The average Bonchev–Trinajstić information content (AvgIpc) is 2.48. The molecule has 0 unspecified atom stereocenters. The van der Waals surface area contributed by atoms with Crippen LogP contribution in [0.1, 0.15) is 43.0 Å². The number of ether oxygens (including phenoxy) is 1. The van der Waals surface area contributed by atoms with E-state index in [0.29, 0.717) is 17.9 Å². The maximum atomic E-state index is 11.8. The van der Waals surface area contributed by atoms with Gasteiger partial charge in [0.1, 0.15) is 0 Å². The summed E-state index contributed by atoms with van der Waals surface area (Å²) in [5.74, 6) is 0.873. The van der Waals surface area contributed by atoms with Gasteiger partial charge in [0.05, 0.1) is 23.5 Å². The van der Waals surface area contributed by atoms with E-state index in [1.54, 1.807) is 13.0 Å². The van der Waals surface area contributed by atoms with Crippen molar-refractivity contribution in [1.29, 1.82) is 0 Å². The Hall–Kier alpha value is -1.36. The lowest BCUT2D eigenvalue weighted by Gasteiger charge is -2.12. The Balaban J connectivity index is 2.41. The van der Waals surface area contributed by atoms with Gasteiger partial charge in [-0.1, -0.05) is 18.9 Å². The normalized spacial score (nSPS) is 10.4. The average molecular weight is 310 g/mol. The number of hydrogen-bond acceptors (Lipinski definition) is 5. The molecule has 0 atom stereocenters. The highest BCUT2D eigenvalue weighted by molar-refractivity contribution is 7.98. The lowest BCUT2D eigenvalue weighted by Crippen LogP contribution is -2.11. The number of esters is 1. The summed E-state index contributed by atoms with van der Waals surface area (Å²) >= 11 is 1.90. The highest BCUT2D eigenvalue weighted by Gasteiger charge is 2.12. The van der Waals surface area contributed by atoms with E-state index >= 15 is 0 Å². The van der Waals surface area contributed by atoms with Gasteiger partial charge in [-0.25, -0.2) is 4.79 Å². The fourth-order valence-electron chi connectivity index (χ4n) is 2.05. The van der Waals surface area contributed by atoms with E-state index in [4.69, 9.17) is 10.5 Å². The molecule has 21 heavy (non-hydrogen) atoms. The standard InChI is InChI=1S/C16H26N2O2S/c1-3-20-16(19)13-9-8-10-14(15(13)17)18-11-6-4-5-7-12-21-2/h8-10,18H,3-7,11-12,17H2,1-2H3. The Bertz CT molecular complexity index is 438. The first-order valence-corrected chi connectivity index (χ1v) is 8.88. The Kier molecular flexibility index (Phi) is 8.74. The smallest absolute Gasteiger partial charge is 0.340 e. The summed E-state index contributed by atoms with van der Waals surface area (Å²) in [5.41, 5.74) is 7.74.